The highest BCUT2D eigenvalue weighted by atomic mass is 80.0. The van der Waals surface area contributed by atoms with Gasteiger partial charge in [-0.3, -0.25) is 5.84 Å². The lowest BCUT2D eigenvalue weighted by molar-refractivity contribution is -1.63. The molecule has 1 atom stereocenters. The maximum absolute atomic E-state index is 10.1. The second-order valence-corrected chi connectivity index (χ2v) is 3.28. The molecule has 1 heterocycles. The van der Waals surface area contributed by atoms with Gasteiger partial charge in [-0.1, -0.05) is 0 Å². The van der Waals surface area contributed by atoms with Crippen LogP contribution < -0.4 is 14.2 Å². The van der Waals surface area contributed by atoms with Gasteiger partial charge in [0, 0.05) is 10.4 Å². The molecule has 60 valence electrons. The number of hydrogen-bond donors (Lipinski definition) is 1. The summed E-state index contributed by atoms with van der Waals surface area (Å²) in [7, 11) is 0. The summed E-state index contributed by atoms with van der Waals surface area (Å²) in [6.45, 7) is 0.709. The van der Waals surface area contributed by atoms with Crippen molar-refractivity contribution < 1.29 is 27.0 Å². The predicted molar refractivity (Wildman–Crippen MR) is 25.0 cm³/mol. The van der Waals surface area contributed by atoms with Gasteiger partial charge in [-0.25, -0.2) is 5.01 Å². The Kier molecular flexibility index (Phi) is 3.02. The minimum absolute atomic E-state index is 0.412. The van der Waals surface area contributed by atoms with E-state index in [4.69, 9.17) is 5.84 Å². The van der Waals surface area contributed by atoms with Crippen molar-refractivity contribution >= 4 is 0 Å². The van der Waals surface area contributed by atoms with Crippen LogP contribution in [0.15, 0.2) is 0 Å². The molecule has 1 rings (SSSR count). The van der Waals surface area contributed by atoms with Crippen LogP contribution >= 0.6 is 0 Å². The summed E-state index contributed by atoms with van der Waals surface area (Å²) in [6, 6.07) is 0. The van der Waals surface area contributed by atoms with Gasteiger partial charge >= 0.3 is 14.8 Å². The first-order valence-electron chi connectivity index (χ1n) is 2.94. The van der Waals surface area contributed by atoms with Crippen molar-refractivity contribution in [3.05, 3.63) is 0 Å². The third-order valence-corrected chi connectivity index (χ3v) is 2.15. The van der Waals surface area contributed by atoms with Crippen LogP contribution in [-0.2, 0) is 3.83 Å². The lowest BCUT2D eigenvalue weighted by Gasteiger charge is -2.11. The molecule has 0 saturated carbocycles. The molecule has 1 saturated heterocycles. The van der Waals surface area contributed by atoms with E-state index < -0.39 is 21.0 Å². The summed E-state index contributed by atoms with van der Waals surface area (Å²) in [5.41, 5.74) is 0. The fraction of sp³-hybridized carbons (Fsp3) is 1.00. The molecule has 1 aliphatic heterocycles. The zero-order valence-corrected chi connectivity index (χ0v) is 6.91. The van der Waals surface area contributed by atoms with Crippen LogP contribution in [0, 0.1) is 14.8 Å². The monoisotopic (exact) mass is 212 g/mol. The number of nitrogens with two attached hydrogens (primary N) is 1. The van der Waals surface area contributed by atoms with Crippen LogP contribution in [0.2, 0.25) is 0 Å². The Morgan fingerprint density at radius 3 is 2.70 bits per heavy atom. The molecule has 0 aliphatic carbocycles. The van der Waals surface area contributed by atoms with Crippen molar-refractivity contribution in [1.29, 1.82) is 0 Å². The van der Waals surface area contributed by atoms with Gasteiger partial charge in [0.25, 0.3) is 0 Å². The first-order chi connectivity index (χ1) is 4.70. The minimum atomic E-state index is -3.09. The van der Waals surface area contributed by atoms with Gasteiger partial charge < -0.3 is 8.40 Å². The zero-order chi connectivity index (χ0) is 7.56. The highest BCUT2D eigenvalue weighted by molar-refractivity contribution is 4.64. The minimum Gasteiger partial charge on any atom is -0.372 e. The second kappa shape index (κ2) is 3.61. The Morgan fingerprint density at radius 2 is 2.30 bits per heavy atom. The SMILES string of the molecule is NN1CCCC1O[Br+2]([O-])[O-]. The van der Waals surface area contributed by atoms with Crippen LogP contribution in [0.1, 0.15) is 12.8 Å². The zero-order valence-electron chi connectivity index (χ0n) is 5.33. The molecule has 1 unspecified atom stereocenters. The Hall–Kier alpha value is 0.280. The molecule has 10 heavy (non-hydrogen) atoms. The lowest BCUT2D eigenvalue weighted by Crippen LogP contribution is -2.44. The van der Waals surface area contributed by atoms with Crippen molar-refractivity contribution in [1.82, 2.24) is 5.01 Å². The van der Waals surface area contributed by atoms with E-state index >= 15 is 0 Å². The first-order valence-corrected chi connectivity index (χ1v) is 4.88. The Balaban J connectivity index is 2.26. The van der Waals surface area contributed by atoms with Crippen molar-refractivity contribution in [3.63, 3.8) is 0 Å². The van der Waals surface area contributed by atoms with E-state index in [2.05, 4.69) is 3.83 Å². The highest BCUT2D eigenvalue weighted by Gasteiger charge is 2.31. The number of nitrogens with zero attached hydrogens (tertiary/aromatic N) is 1. The van der Waals surface area contributed by atoms with E-state index in [9.17, 15) is 8.40 Å². The van der Waals surface area contributed by atoms with Crippen LogP contribution in [0.3, 0.4) is 0 Å². The first kappa shape index (κ1) is 8.38. The maximum atomic E-state index is 10.1. The average Bonchev–Trinajstić information content (AvgIpc) is 2.15. The smallest absolute Gasteiger partial charge is 0.372 e. The van der Waals surface area contributed by atoms with Gasteiger partial charge in [-0.05, 0) is 12.8 Å². The second-order valence-electron chi connectivity index (χ2n) is 2.11. The average molecular weight is 213 g/mol. The summed E-state index contributed by atoms with van der Waals surface area (Å²) in [5, 5.41) is 1.40. The molecule has 0 radical (unpaired) electrons. The van der Waals surface area contributed by atoms with Gasteiger partial charge in [-0.2, -0.15) is 0 Å². The summed E-state index contributed by atoms with van der Waals surface area (Å²) >= 11 is -3.09. The maximum Gasteiger partial charge on any atom is 0.438 e. The number of hydrazine groups is 1. The van der Waals surface area contributed by atoms with Gasteiger partial charge in [0.2, 0.25) is 6.23 Å². The molecule has 2 N–H and O–H groups in total. The lowest BCUT2D eigenvalue weighted by atomic mass is 10.4. The van der Waals surface area contributed by atoms with Gasteiger partial charge in [0.15, 0.2) is 0 Å². The van der Waals surface area contributed by atoms with Crippen LogP contribution in [0.25, 0.3) is 0 Å². The normalized spacial score (nSPS) is 28.2. The molecule has 0 bridgehead atoms. The van der Waals surface area contributed by atoms with Crippen molar-refractivity contribution in [2.24, 2.45) is 5.84 Å². The molecule has 0 aromatic heterocycles. The number of halogens is 1. The Bertz CT molecular complexity index is 113. The van der Waals surface area contributed by atoms with E-state index in [0.717, 1.165) is 6.42 Å². The standard InChI is InChI=1S/C4H9BrN2O3/c6-7-3-1-2-4(7)10-5(8)9/h4H,1-3,6H2. The van der Waals surface area contributed by atoms with Crippen LogP contribution in [-0.4, -0.2) is 17.8 Å². The van der Waals surface area contributed by atoms with E-state index in [1.165, 1.54) is 5.01 Å². The summed E-state index contributed by atoms with van der Waals surface area (Å²) < 4.78 is 24.7. The quantitative estimate of drug-likeness (QED) is 0.508. The summed E-state index contributed by atoms with van der Waals surface area (Å²) in [6.07, 6.45) is 1.19. The van der Waals surface area contributed by atoms with E-state index in [-0.39, 0.29) is 0 Å². The molecule has 0 aromatic rings. The largest absolute Gasteiger partial charge is 0.438 e. The van der Waals surface area contributed by atoms with Crippen molar-refractivity contribution in [2.75, 3.05) is 6.54 Å². The van der Waals surface area contributed by atoms with E-state index in [0.29, 0.717) is 13.0 Å². The molecule has 1 aliphatic rings. The molecular formula is C4H9BrN2O3. The fourth-order valence-electron chi connectivity index (χ4n) is 0.938. The molecule has 0 spiro atoms. The third kappa shape index (κ3) is 2.15. The van der Waals surface area contributed by atoms with Crippen molar-refractivity contribution in [3.8, 4) is 0 Å². The molecule has 1 fully saturated rings. The van der Waals surface area contributed by atoms with Crippen LogP contribution in [0.5, 0.6) is 0 Å². The van der Waals surface area contributed by atoms with E-state index in [1.807, 2.05) is 0 Å². The molecule has 0 amide bonds. The molecule has 5 nitrogen and oxygen atoms in total. The number of hydrogen-bond acceptors (Lipinski definition) is 5. The molecular weight excluding hydrogens is 204 g/mol. The Labute approximate surface area is 64.2 Å². The Morgan fingerprint density at radius 1 is 1.60 bits per heavy atom. The third-order valence-electron chi connectivity index (χ3n) is 1.41. The fourth-order valence-corrected chi connectivity index (χ4v) is 1.69. The number of rotatable bonds is 2. The molecule has 6 heteroatoms. The van der Waals surface area contributed by atoms with E-state index in [1.54, 1.807) is 0 Å². The van der Waals surface area contributed by atoms with Gasteiger partial charge in [0.05, 0.1) is 0 Å². The van der Waals surface area contributed by atoms with Gasteiger partial charge in [0.1, 0.15) is 0 Å². The summed E-state index contributed by atoms with van der Waals surface area (Å²) in [4.78, 5) is 0. The topological polar surface area (TPSA) is 84.6 Å². The van der Waals surface area contributed by atoms with Crippen molar-refractivity contribution in [2.45, 2.75) is 19.1 Å². The highest BCUT2D eigenvalue weighted by Crippen LogP contribution is 2.14. The predicted octanol–water partition coefficient (Wildman–Crippen LogP) is -2.62. The van der Waals surface area contributed by atoms with Crippen LogP contribution in [0.4, 0.5) is 0 Å². The molecule has 0 aromatic carbocycles. The summed E-state index contributed by atoms with van der Waals surface area (Å²) in [5.74, 6) is 5.37. The van der Waals surface area contributed by atoms with Gasteiger partial charge in [-0.15, -0.1) is 0 Å².